The highest BCUT2D eigenvalue weighted by Crippen LogP contribution is 2.32. The Balaban J connectivity index is 2.66. The molecule has 0 aliphatic heterocycles. The molecule has 0 aromatic heterocycles. The quantitative estimate of drug-likeness (QED) is 0.571. The van der Waals surface area contributed by atoms with Gasteiger partial charge in [0, 0.05) is 19.1 Å². The first-order valence-electron chi connectivity index (χ1n) is 7.51. The summed E-state index contributed by atoms with van der Waals surface area (Å²) in [6, 6.07) is 0.258. The van der Waals surface area contributed by atoms with E-state index in [-0.39, 0.29) is 18.1 Å². The second kappa shape index (κ2) is 7.85. The van der Waals surface area contributed by atoms with Gasteiger partial charge in [-0.15, -0.1) is 0 Å². The summed E-state index contributed by atoms with van der Waals surface area (Å²) in [7, 11) is 1.47. The number of nitrogens with one attached hydrogen (secondary N) is 1. The third-order valence-corrected chi connectivity index (χ3v) is 3.70. The van der Waals surface area contributed by atoms with Crippen LogP contribution in [0.3, 0.4) is 0 Å². The molecule has 19 heavy (non-hydrogen) atoms. The normalized spacial score (nSPS) is 27.5. The molecule has 4 nitrogen and oxygen atoms in total. The van der Waals surface area contributed by atoms with Crippen LogP contribution in [-0.4, -0.2) is 37.4 Å². The molecule has 0 radical (unpaired) electrons. The van der Waals surface area contributed by atoms with Gasteiger partial charge in [-0.1, -0.05) is 13.3 Å². The molecule has 1 rings (SSSR count). The van der Waals surface area contributed by atoms with E-state index in [9.17, 15) is 4.79 Å². The Morgan fingerprint density at radius 1 is 1.47 bits per heavy atom. The molecule has 1 fully saturated rings. The van der Waals surface area contributed by atoms with Crippen molar-refractivity contribution in [3.63, 3.8) is 0 Å². The van der Waals surface area contributed by atoms with Crippen LogP contribution >= 0.6 is 0 Å². The van der Waals surface area contributed by atoms with Crippen molar-refractivity contribution in [2.45, 2.75) is 77.0 Å². The highest BCUT2D eigenvalue weighted by molar-refractivity contribution is 5.81. The number of carbonyl (C=O) groups is 1. The molecule has 1 aliphatic carbocycles. The van der Waals surface area contributed by atoms with Crippen molar-refractivity contribution >= 4 is 5.97 Å². The first kappa shape index (κ1) is 16.4. The van der Waals surface area contributed by atoms with Gasteiger partial charge in [-0.2, -0.15) is 0 Å². The summed E-state index contributed by atoms with van der Waals surface area (Å²) in [6.45, 7) is 7.07. The largest absolute Gasteiger partial charge is 0.468 e. The van der Waals surface area contributed by atoms with Crippen molar-refractivity contribution in [1.29, 1.82) is 0 Å². The molecule has 0 spiro atoms. The fourth-order valence-electron chi connectivity index (χ4n) is 2.88. The molecule has 0 heterocycles. The fourth-order valence-corrected chi connectivity index (χ4v) is 2.88. The molecular weight excluding hydrogens is 242 g/mol. The zero-order chi connectivity index (χ0) is 14.3. The van der Waals surface area contributed by atoms with E-state index in [1.54, 1.807) is 0 Å². The number of unbranched alkanes of at least 4 members (excludes halogenated alkanes) is 1. The zero-order valence-electron chi connectivity index (χ0n) is 12.8. The van der Waals surface area contributed by atoms with Gasteiger partial charge in [0.05, 0.1) is 13.2 Å². The summed E-state index contributed by atoms with van der Waals surface area (Å²) in [4.78, 5) is 12.2. The van der Waals surface area contributed by atoms with Gasteiger partial charge < -0.3 is 9.47 Å². The maximum atomic E-state index is 12.2. The standard InChI is InChI=1S/C15H29NO3/c1-5-6-10-19-13-8-7-9-15(11-13,14(17)18-4)16-12(2)3/h12-13,16H,5-11H2,1-4H3. The molecule has 1 aliphatic rings. The maximum absolute atomic E-state index is 12.2. The average Bonchev–Trinajstić information content (AvgIpc) is 2.37. The third-order valence-electron chi connectivity index (χ3n) is 3.70. The molecular formula is C15H29NO3. The lowest BCUT2D eigenvalue weighted by Gasteiger charge is -2.40. The highest BCUT2D eigenvalue weighted by atomic mass is 16.5. The Morgan fingerprint density at radius 3 is 2.79 bits per heavy atom. The topological polar surface area (TPSA) is 47.6 Å². The first-order chi connectivity index (χ1) is 9.04. The number of carbonyl (C=O) groups excluding carboxylic acids is 1. The molecule has 4 heteroatoms. The van der Waals surface area contributed by atoms with E-state index in [1.165, 1.54) is 7.11 Å². The van der Waals surface area contributed by atoms with Gasteiger partial charge in [0.2, 0.25) is 0 Å². The summed E-state index contributed by atoms with van der Waals surface area (Å²) in [5.41, 5.74) is -0.557. The number of hydrogen-bond donors (Lipinski definition) is 1. The summed E-state index contributed by atoms with van der Waals surface area (Å²) >= 11 is 0. The average molecular weight is 271 g/mol. The van der Waals surface area contributed by atoms with Gasteiger partial charge >= 0.3 is 5.97 Å². The Labute approximate surface area is 117 Å². The van der Waals surface area contributed by atoms with Gasteiger partial charge in [-0.05, 0) is 39.5 Å². The Bertz CT molecular complexity index is 281. The van der Waals surface area contributed by atoms with Crippen LogP contribution in [0.1, 0.15) is 59.3 Å². The number of ether oxygens (including phenoxy) is 2. The van der Waals surface area contributed by atoms with Crippen LogP contribution < -0.4 is 5.32 Å². The fraction of sp³-hybridized carbons (Fsp3) is 0.933. The monoisotopic (exact) mass is 271 g/mol. The minimum absolute atomic E-state index is 0.148. The van der Waals surface area contributed by atoms with Crippen molar-refractivity contribution in [2.75, 3.05) is 13.7 Å². The van der Waals surface area contributed by atoms with E-state index in [0.717, 1.165) is 45.1 Å². The smallest absolute Gasteiger partial charge is 0.326 e. The third kappa shape index (κ3) is 4.77. The molecule has 0 aromatic rings. The SMILES string of the molecule is CCCCOC1CCCC(NC(C)C)(C(=O)OC)C1. The molecule has 1 saturated carbocycles. The van der Waals surface area contributed by atoms with Gasteiger partial charge in [0.15, 0.2) is 0 Å². The lowest BCUT2D eigenvalue weighted by atomic mass is 9.79. The van der Waals surface area contributed by atoms with E-state index in [1.807, 2.05) is 0 Å². The van der Waals surface area contributed by atoms with E-state index in [4.69, 9.17) is 9.47 Å². The van der Waals surface area contributed by atoms with Crippen molar-refractivity contribution in [3.8, 4) is 0 Å². The summed E-state index contributed by atoms with van der Waals surface area (Å²) < 4.78 is 10.9. The van der Waals surface area contributed by atoms with Crippen LogP contribution in [0.15, 0.2) is 0 Å². The number of esters is 1. The van der Waals surface area contributed by atoms with E-state index < -0.39 is 5.54 Å². The first-order valence-corrected chi connectivity index (χ1v) is 7.51. The molecule has 0 aromatic carbocycles. The maximum Gasteiger partial charge on any atom is 0.326 e. The predicted octanol–water partition coefficient (Wildman–Crippen LogP) is 2.66. The lowest BCUT2D eigenvalue weighted by molar-refractivity contribution is -0.153. The van der Waals surface area contributed by atoms with Crippen molar-refractivity contribution in [2.24, 2.45) is 0 Å². The van der Waals surface area contributed by atoms with Gasteiger partial charge in [0.1, 0.15) is 5.54 Å². The second-order valence-corrected chi connectivity index (χ2v) is 5.82. The summed E-state index contributed by atoms with van der Waals surface area (Å²) in [5, 5.41) is 3.41. The molecule has 112 valence electrons. The van der Waals surface area contributed by atoms with Crippen LogP contribution in [0.4, 0.5) is 0 Å². The Kier molecular flexibility index (Phi) is 6.80. The van der Waals surface area contributed by atoms with Crippen molar-refractivity contribution in [1.82, 2.24) is 5.32 Å². The molecule has 0 bridgehead atoms. The molecule has 0 saturated heterocycles. The number of methoxy groups -OCH3 is 1. The molecule has 1 N–H and O–H groups in total. The molecule has 2 atom stereocenters. The van der Waals surface area contributed by atoms with Gasteiger partial charge in [0.25, 0.3) is 0 Å². The van der Waals surface area contributed by atoms with E-state index in [2.05, 4.69) is 26.1 Å². The van der Waals surface area contributed by atoms with Gasteiger partial charge in [-0.25, -0.2) is 0 Å². The summed E-state index contributed by atoms with van der Waals surface area (Å²) in [5.74, 6) is -0.148. The van der Waals surface area contributed by atoms with Crippen LogP contribution in [0.25, 0.3) is 0 Å². The van der Waals surface area contributed by atoms with E-state index in [0.29, 0.717) is 0 Å². The van der Waals surface area contributed by atoms with Crippen molar-refractivity contribution in [3.05, 3.63) is 0 Å². The zero-order valence-corrected chi connectivity index (χ0v) is 12.8. The van der Waals surface area contributed by atoms with Crippen LogP contribution in [-0.2, 0) is 14.3 Å². The Hall–Kier alpha value is -0.610. The minimum Gasteiger partial charge on any atom is -0.468 e. The Morgan fingerprint density at radius 2 is 2.21 bits per heavy atom. The molecule has 2 unspecified atom stereocenters. The van der Waals surface area contributed by atoms with Gasteiger partial charge in [-0.3, -0.25) is 10.1 Å². The number of hydrogen-bond acceptors (Lipinski definition) is 4. The van der Waals surface area contributed by atoms with Crippen molar-refractivity contribution < 1.29 is 14.3 Å². The summed E-state index contributed by atoms with van der Waals surface area (Å²) in [6.07, 6.45) is 6.00. The van der Waals surface area contributed by atoms with Crippen LogP contribution in [0.2, 0.25) is 0 Å². The lowest BCUT2D eigenvalue weighted by Crippen LogP contribution is -2.58. The van der Waals surface area contributed by atoms with Crippen LogP contribution in [0.5, 0.6) is 0 Å². The minimum atomic E-state index is -0.557. The predicted molar refractivity (Wildman–Crippen MR) is 76.1 cm³/mol. The number of rotatable bonds is 7. The molecule has 0 amide bonds. The van der Waals surface area contributed by atoms with E-state index >= 15 is 0 Å². The highest BCUT2D eigenvalue weighted by Gasteiger charge is 2.44. The second-order valence-electron chi connectivity index (χ2n) is 5.82. The van der Waals surface area contributed by atoms with Crippen LogP contribution in [0, 0.1) is 0 Å².